The van der Waals surface area contributed by atoms with Gasteiger partial charge in [-0.1, -0.05) is 29.3 Å². The SMILES string of the molecule is O=CN(CCc1ccccn1)c1ccc(NC(=O)c2c(Cl)ccnc2Cl)cc1. The maximum atomic E-state index is 12.4. The molecule has 0 aliphatic rings. The van der Waals surface area contributed by atoms with E-state index in [9.17, 15) is 9.59 Å². The summed E-state index contributed by atoms with van der Waals surface area (Å²) < 4.78 is 0. The molecule has 2 amide bonds. The molecule has 0 radical (unpaired) electrons. The van der Waals surface area contributed by atoms with E-state index in [4.69, 9.17) is 23.2 Å². The van der Waals surface area contributed by atoms with Crippen LogP contribution in [0.5, 0.6) is 0 Å². The van der Waals surface area contributed by atoms with E-state index in [1.165, 1.54) is 12.3 Å². The molecule has 0 saturated carbocycles. The lowest BCUT2D eigenvalue weighted by molar-refractivity contribution is -0.107. The Hall–Kier alpha value is -2.96. The minimum atomic E-state index is -0.460. The summed E-state index contributed by atoms with van der Waals surface area (Å²) in [4.78, 5) is 33.5. The van der Waals surface area contributed by atoms with Crippen molar-refractivity contribution < 1.29 is 9.59 Å². The van der Waals surface area contributed by atoms with Gasteiger partial charge in [-0.15, -0.1) is 0 Å². The van der Waals surface area contributed by atoms with Gasteiger partial charge in [-0.3, -0.25) is 14.6 Å². The maximum absolute atomic E-state index is 12.4. The zero-order chi connectivity index (χ0) is 19.9. The first kappa shape index (κ1) is 19.8. The molecule has 0 aliphatic carbocycles. The fraction of sp³-hybridized carbons (Fsp3) is 0.100. The number of hydrogen-bond acceptors (Lipinski definition) is 4. The van der Waals surface area contributed by atoms with Gasteiger partial charge in [-0.2, -0.15) is 0 Å². The predicted octanol–water partition coefficient (Wildman–Crippen LogP) is 4.24. The Morgan fingerprint density at radius 3 is 2.46 bits per heavy atom. The Morgan fingerprint density at radius 1 is 1.04 bits per heavy atom. The first-order valence-corrected chi connectivity index (χ1v) is 9.17. The van der Waals surface area contributed by atoms with E-state index in [1.807, 2.05) is 18.2 Å². The molecule has 0 bridgehead atoms. The number of hydrogen-bond donors (Lipinski definition) is 1. The second kappa shape index (κ2) is 9.30. The van der Waals surface area contributed by atoms with Crippen LogP contribution in [0, 0.1) is 0 Å². The van der Waals surface area contributed by atoms with Crippen molar-refractivity contribution in [2.75, 3.05) is 16.8 Å². The monoisotopic (exact) mass is 414 g/mol. The summed E-state index contributed by atoms with van der Waals surface area (Å²) in [5.41, 5.74) is 2.27. The Bertz CT molecular complexity index is 945. The summed E-state index contributed by atoms with van der Waals surface area (Å²) in [5, 5.41) is 2.97. The zero-order valence-corrected chi connectivity index (χ0v) is 16.2. The highest BCUT2D eigenvalue weighted by molar-refractivity contribution is 6.39. The van der Waals surface area contributed by atoms with Crippen LogP contribution in [0.1, 0.15) is 16.1 Å². The average Bonchev–Trinajstić information content (AvgIpc) is 2.70. The Morgan fingerprint density at radius 2 is 1.82 bits per heavy atom. The number of rotatable bonds is 7. The molecule has 142 valence electrons. The van der Waals surface area contributed by atoms with Crippen LogP contribution >= 0.6 is 23.2 Å². The molecule has 1 N–H and O–H groups in total. The molecular formula is C20H16Cl2N4O2. The van der Waals surface area contributed by atoms with Crippen LogP contribution in [0.4, 0.5) is 11.4 Å². The van der Waals surface area contributed by atoms with Gasteiger partial charge in [-0.05, 0) is 42.5 Å². The van der Waals surface area contributed by atoms with Crippen LogP contribution in [0.3, 0.4) is 0 Å². The van der Waals surface area contributed by atoms with E-state index in [0.29, 0.717) is 24.3 Å². The highest BCUT2D eigenvalue weighted by Crippen LogP contribution is 2.24. The van der Waals surface area contributed by atoms with Gasteiger partial charge in [0.05, 0.1) is 10.6 Å². The van der Waals surface area contributed by atoms with Crippen molar-refractivity contribution in [2.24, 2.45) is 0 Å². The summed E-state index contributed by atoms with van der Waals surface area (Å²) in [6, 6.07) is 14.0. The average molecular weight is 415 g/mol. The number of anilines is 2. The fourth-order valence-corrected chi connectivity index (χ4v) is 3.09. The number of carbonyl (C=O) groups is 2. The summed E-state index contributed by atoms with van der Waals surface area (Å²) >= 11 is 12.0. The summed E-state index contributed by atoms with van der Waals surface area (Å²) in [5.74, 6) is -0.460. The lowest BCUT2D eigenvalue weighted by atomic mass is 10.2. The van der Waals surface area contributed by atoms with Gasteiger partial charge < -0.3 is 10.2 Å². The van der Waals surface area contributed by atoms with Crippen LogP contribution in [0.2, 0.25) is 10.2 Å². The maximum Gasteiger partial charge on any atom is 0.260 e. The van der Waals surface area contributed by atoms with Crippen molar-refractivity contribution in [3.8, 4) is 0 Å². The van der Waals surface area contributed by atoms with Gasteiger partial charge in [0.15, 0.2) is 0 Å². The number of aromatic nitrogens is 2. The first-order valence-electron chi connectivity index (χ1n) is 8.42. The Balaban J connectivity index is 1.66. The molecule has 3 aromatic rings. The molecule has 2 heterocycles. The van der Waals surface area contributed by atoms with Crippen molar-refractivity contribution >= 4 is 46.9 Å². The van der Waals surface area contributed by atoms with E-state index in [1.54, 1.807) is 35.4 Å². The number of halogens is 2. The predicted molar refractivity (Wildman–Crippen MR) is 110 cm³/mol. The van der Waals surface area contributed by atoms with Crippen molar-refractivity contribution in [1.29, 1.82) is 0 Å². The lowest BCUT2D eigenvalue weighted by Gasteiger charge is -2.17. The minimum Gasteiger partial charge on any atom is -0.322 e. The molecule has 1 aromatic carbocycles. The van der Waals surface area contributed by atoms with Gasteiger partial charge in [0, 0.05) is 42.4 Å². The third kappa shape index (κ3) is 4.85. The van der Waals surface area contributed by atoms with Crippen LogP contribution in [0.15, 0.2) is 60.9 Å². The smallest absolute Gasteiger partial charge is 0.260 e. The largest absolute Gasteiger partial charge is 0.322 e. The highest BCUT2D eigenvalue weighted by Gasteiger charge is 2.16. The van der Waals surface area contributed by atoms with Crippen LogP contribution in [-0.4, -0.2) is 28.8 Å². The molecule has 0 spiro atoms. The topological polar surface area (TPSA) is 75.2 Å². The molecule has 0 atom stereocenters. The third-order valence-corrected chi connectivity index (χ3v) is 4.60. The molecule has 0 unspecified atom stereocenters. The van der Waals surface area contributed by atoms with Crippen LogP contribution in [0.25, 0.3) is 0 Å². The van der Waals surface area contributed by atoms with Gasteiger partial charge >= 0.3 is 0 Å². The molecule has 8 heteroatoms. The Labute approximate surface area is 172 Å². The molecule has 0 saturated heterocycles. The normalized spacial score (nSPS) is 10.4. The van der Waals surface area contributed by atoms with Gasteiger partial charge in [-0.25, -0.2) is 4.98 Å². The van der Waals surface area contributed by atoms with E-state index in [0.717, 1.165) is 12.1 Å². The molecule has 28 heavy (non-hydrogen) atoms. The molecular weight excluding hydrogens is 399 g/mol. The highest BCUT2D eigenvalue weighted by atomic mass is 35.5. The van der Waals surface area contributed by atoms with E-state index >= 15 is 0 Å². The number of nitrogens with zero attached hydrogens (tertiary/aromatic N) is 3. The van der Waals surface area contributed by atoms with Gasteiger partial charge in [0.1, 0.15) is 5.15 Å². The fourth-order valence-electron chi connectivity index (χ4n) is 2.57. The van der Waals surface area contributed by atoms with Crippen molar-refractivity contribution in [3.63, 3.8) is 0 Å². The third-order valence-electron chi connectivity index (χ3n) is 4.00. The molecule has 3 rings (SSSR count). The van der Waals surface area contributed by atoms with Crippen LogP contribution in [-0.2, 0) is 11.2 Å². The first-order chi connectivity index (χ1) is 13.6. The Kier molecular flexibility index (Phi) is 6.57. The van der Waals surface area contributed by atoms with Gasteiger partial charge in [0.2, 0.25) is 6.41 Å². The number of pyridine rings is 2. The second-order valence-corrected chi connectivity index (χ2v) is 6.59. The molecule has 2 aromatic heterocycles. The summed E-state index contributed by atoms with van der Waals surface area (Å²) in [6.45, 7) is 0.493. The standard InChI is InChI=1S/C20H16Cl2N4O2/c21-17-8-11-24-19(22)18(17)20(28)25-15-4-6-16(7-5-15)26(13-27)12-9-14-3-1-2-10-23-14/h1-8,10-11,13H,9,12H2,(H,25,28). The van der Waals surface area contributed by atoms with Crippen molar-refractivity contribution in [2.45, 2.75) is 6.42 Å². The van der Waals surface area contributed by atoms with Gasteiger partial charge in [0.25, 0.3) is 5.91 Å². The summed E-state index contributed by atoms with van der Waals surface area (Å²) in [7, 11) is 0. The zero-order valence-electron chi connectivity index (χ0n) is 14.7. The number of carbonyl (C=O) groups excluding carboxylic acids is 2. The van der Waals surface area contributed by atoms with E-state index in [2.05, 4.69) is 15.3 Å². The number of benzene rings is 1. The summed E-state index contributed by atoms with van der Waals surface area (Å²) in [6.07, 6.45) is 4.55. The van der Waals surface area contributed by atoms with E-state index in [-0.39, 0.29) is 15.7 Å². The molecule has 6 nitrogen and oxygen atoms in total. The molecule has 0 aliphatic heterocycles. The second-order valence-electron chi connectivity index (χ2n) is 5.83. The van der Waals surface area contributed by atoms with Crippen LogP contribution < -0.4 is 10.2 Å². The number of amides is 2. The van der Waals surface area contributed by atoms with Crippen molar-refractivity contribution in [1.82, 2.24) is 9.97 Å². The minimum absolute atomic E-state index is 0.0308. The molecule has 0 fully saturated rings. The quantitative estimate of drug-likeness (QED) is 0.463. The number of nitrogens with one attached hydrogen (secondary N) is 1. The van der Waals surface area contributed by atoms with E-state index < -0.39 is 5.91 Å². The lowest BCUT2D eigenvalue weighted by Crippen LogP contribution is -2.24. The van der Waals surface area contributed by atoms with Crippen molar-refractivity contribution in [3.05, 3.63) is 82.4 Å².